The molecule has 8 heteroatoms. The minimum absolute atomic E-state index is 0.142. The number of anilines is 1. The molecule has 0 radical (unpaired) electrons. The van der Waals surface area contributed by atoms with Crippen molar-refractivity contribution in [2.45, 2.75) is 33.6 Å². The van der Waals surface area contributed by atoms with Gasteiger partial charge in [0, 0.05) is 35.5 Å². The summed E-state index contributed by atoms with van der Waals surface area (Å²) in [6.45, 7) is 5.42. The molecule has 0 saturated carbocycles. The van der Waals surface area contributed by atoms with Gasteiger partial charge in [-0.1, -0.05) is 11.3 Å². The Morgan fingerprint density at radius 1 is 1.19 bits per heavy atom. The van der Waals surface area contributed by atoms with Crippen molar-refractivity contribution in [1.29, 1.82) is 0 Å². The van der Waals surface area contributed by atoms with E-state index in [0.717, 1.165) is 69.2 Å². The van der Waals surface area contributed by atoms with Gasteiger partial charge in [-0.3, -0.25) is 14.6 Å². The van der Waals surface area contributed by atoms with Crippen molar-refractivity contribution in [3.63, 3.8) is 0 Å². The molecule has 1 aliphatic carbocycles. The third-order valence-corrected chi connectivity index (χ3v) is 6.58. The molecule has 1 N–H and O–H groups in total. The van der Waals surface area contributed by atoms with Crippen LogP contribution in [0.2, 0.25) is 0 Å². The number of rotatable bonds is 4. The van der Waals surface area contributed by atoms with Crippen LogP contribution in [0.25, 0.3) is 27.5 Å². The van der Waals surface area contributed by atoms with Crippen LogP contribution >= 0.6 is 11.3 Å². The summed E-state index contributed by atoms with van der Waals surface area (Å²) in [5.41, 5.74) is 8.37. The first-order chi connectivity index (χ1) is 15.4. The number of aldehydes is 1. The highest BCUT2D eigenvalue weighted by atomic mass is 32.1. The van der Waals surface area contributed by atoms with Gasteiger partial charge in [-0.05, 0) is 62.6 Å². The normalized spacial score (nSPS) is 12.2. The van der Waals surface area contributed by atoms with Gasteiger partial charge in [-0.2, -0.15) is 5.10 Å². The molecule has 0 saturated heterocycles. The predicted octanol–water partition coefficient (Wildman–Crippen LogP) is 4.54. The largest absolute Gasteiger partial charge is 0.302 e. The topological polar surface area (TPSA) is 89.8 Å². The van der Waals surface area contributed by atoms with Gasteiger partial charge >= 0.3 is 0 Å². The van der Waals surface area contributed by atoms with E-state index in [4.69, 9.17) is 5.10 Å². The molecule has 160 valence electrons. The lowest BCUT2D eigenvalue weighted by Gasteiger charge is -2.15. The first-order valence-corrected chi connectivity index (χ1v) is 11.1. The Labute approximate surface area is 189 Å². The number of hydrogen-bond acceptors (Lipinski definition) is 6. The zero-order chi connectivity index (χ0) is 22.4. The fraction of sp³-hybridized carbons (Fsp3) is 0.208. The Morgan fingerprint density at radius 3 is 2.72 bits per heavy atom. The van der Waals surface area contributed by atoms with E-state index in [0.29, 0.717) is 10.7 Å². The lowest BCUT2D eigenvalue weighted by molar-refractivity contribution is -0.114. The number of carbonyl (C=O) groups excluding carboxylic acids is 2. The summed E-state index contributed by atoms with van der Waals surface area (Å²) in [5.74, 6) is -0.142. The van der Waals surface area contributed by atoms with E-state index >= 15 is 0 Å². The Kier molecular flexibility index (Phi) is 4.94. The van der Waals surface area contributed by atoms with Crippen LogP contribution in [0.1, 0.15) is 39.8 Å². The van der Waals surface area contributed by atoms with Crippen molar-refractivity contribution < 1.29 is 9.59 Å². The highest BCUT2D eigenvalue weighted by molar-refractivity contribution is 7.19. The first-order valence-electron chi connectivity index (χ1n) is 10.3. The van der Waals surface area contributed by atoms with Crippen molar-refractivity contribution >= 4 is 28.7 Å². The smallest absolute Gasteiger partial charge is 0.223 e. The van der Waals surface area contributed by atoms with E-state index in [1.807, 2.05) is 49.0 Å². The maximum absolute atomic E-state index is 11.6. The predicted molar refractivity (Wildman–Crippen MR) is 124 cm³/mol. The molecule has 4 aromatic rings. The third kappa shape index (κ3) is 3.42. The van der Waals surface area contributed by atoms with Crippen molar-refractivity contribution in [1.82, 2.24) is 19.7 Å². The van der Waals surface area contributed by atoms with E-state index < -0.39 is 0 Å². The van der Waals surface area contributed by atoms with E-state index in [1.54, 1.807) is 6.07 Å². The average molecular weight is 444 g/mol. The second-order valence-corrected chi connectivity index (χ2v) is 8.91. The van der Waals surface area contributed by atoms with Gasteiger partial charge in [-0.15, -0.1) is 0 Å². The molecule has 1 aromatic carbocycles. The number of nitrogens with one attached hydrogen (secondary N) is 1. The number of thiazole rings is 1. The van der Waals surface area contributed by atoms with E-state index in [9.17, 15) is 9.59 Å². The maximum atomic E-state index is 11.6. The monoisotopic (exact) mass is 443 g/mol. The summed E-state index contributed by atoms with van der Waals surface area (Å²) >= 11 is 1.46. The number of nitrogens with zero attached hydrogens (tertiary/aromatic N) is 4. The van der Waals surface area contributed by atoms with Crippen LogP contribution in [0.15, 0.2) is 36.5 Å². The lowest BCUT2D eigenvalue weighted by atomic mass is 9.95. The van der Waals surface area contributed by atoms with E-state index in [-0.39, 0.29) is 5.91 Å². The molecule has 0 aliphatic heterocycles. The summed E-state index contributed by atoms with van der Waals surface area (Å²) in [6, 6.07) is 9.62. The van der Waals surface area contributed by atoms with Crippen molar-refractivity contribution in [2.24, 2.45) is 0 Å². The molecule has 3 aromatic heterocycles. The summed E-state index contributed by atoms with van der Waals surface area (Å²) in [4.78, 5) is 32.9. The average Bonchev–Trinajstić information content (AvgIpc) is 3.34. The quantitative estimate of drug-likeness (QED) is 0.468. The van der Waals surface area contributed by atoms with Crippen LogP contribution in [-0.2, 0) is 17.6 Å². The number of pyridine rings is 1. The van der Waals surface area contributed by atoms with Gasteiger partial charge in [0.25, 0.3) is 0 Å². The summed E-state index contributed by atoms with van der Waals surface area (Å²) in [5, 5.41) is 8.43. The molecule has 0 fully saturated rings. The van der Waals surface area contributed by atoms with Gasteiger partial charge in [0.05, 0.1) is 27.6 Å². The fourth-order valence-electron chi connectivity index (χ4n) is 4.08. The highest BCUT2D eigenvalue weighted by Crippen LogP contribution is 2.44. The zero-order valence-corrected chi connectivity index (χ0v) is 18.8. The molecule has 5 rings (SSSR count). The maximum Gasteiger partial charge on any atom is 0.223 e. The first kappa shape index (κ1) is 20.3. The number of aryl methyl sites for hydroxylation is 3. The van der Waals surface area contributed by atoms with Crippen molar-refractivity contribution in [3.8, 4) is 27.5 Å². The fourth-order valence-corrected chi connectivity index (χ4v) is 5.19. The molecule has 0 spiro atoms. The van der Waals surface area contributed by atoms with Gasteiger partial charge in [0.1, 0.15) is 6.29 Å². The SMILES string of the molecule is CC(=O)Nc1nc2c(s1)-c1c(c(-c3ccc(C)nc3)nn1-c1ccc(C=O)cc1C)CC2. The second kappa shape index (κ2) is 7.80. The summed E-state index contributed by atoms with van der Waals surface area (Å²) < 4.78 is 1.95. The Morgan fingerprint density at radius 2 is 2.03 bits per heavy atom. The Hall–Kier alpha value is -3.65. The lowest BCUT2D eigenvalue weighted by Crippen LogP contribution is -2.07. The molecule has 32 heavy (non-hydrogen) atoms. The Balaban J connectivity index is 1.75. The molecule has 0 bridgehead atoms. The number of fused-ring (bicyclic) bond motifs is 3. The molecular weight excluding hydrogens is 422 g/mol. The molecule has 0 unspecified atom stereocenters. The van der Waals surface area contributed by atoms with Crippen LogP contribution in [0.4, 0.5) is 5.13 Å². The van der Waals surface area contributed by atoms with Crippen molar-refractivity contribution in [2.75, 3.05) is 5.32 Å². The van der Waals surface area contributed by atoms with Gasteiger partial charge < -0.3 is 5.32 Å². The highest BCUT2D eigenvalue weighted by Gasteiger charge is 2.30. The van der Waals surface area contributed by atoms with Crippen LogP contribution < -0.4 is 5.32 Å². The van der Waals surface area contributed by atoms with Gasteiger partial charge in [-0.25, -0.2) is 9.67 Å². The number of hydrogen-bond donors (Lipinski definition) is 1. The van der Waals surface area contributed by atoms with Crippen LogP contribution in [-0.4, -0.2) is 31.9 Å². The molecule has 0 atom stereocenters. The number of amides is 1. The van der Waals surface area contributed by atoms with Crippen LogP contribution in [0.3, 0.4) is 0 Å². The Bertz CT molecular complexity index is 1370. The molecule has 7 nitrogen and oxygen atoms in total. The van der Waals surface area contributed by atoms with E-state index in [2.05, 4.69) is 15.3 Å². The summed E-state index contributed by atoms with van der Waals surface area (Å²) in [6.07, 6.45) is 4.27. The minimum Gasteiger partial charge on any atom is -0.302 e. The van der Waals surface area contributed by atoms with E-state index in [1.165, 1.54) is 18.3 Å². The summed E-state index contributed by atoms with van der Waals surface area (Å²) in [7, 11) is 0. The molecule has 3 heterocycles. The number of benzene rings is 1. The van der Waals surface area contributed by atoms with Crippen LogP contribution in [0, 0.1) is 13.8 Å². The molecule has 1 amide bonds. The number of aromatic nitrogens is 4. The minimum atomic E-state index is -0.142. The van der Waals surface area contributed by atoms with Crippen LogP contribution in [0.5, 0.6) is 0 Å². The standard InChI is InChI=1S/C24H21N5O2S/c1-13-10-16(12-30)5-9-20(13)29-22-18(21(28-29)17-6-4-14(2)25-11-17)7-8-19-23(22)32-24(27-19)26-15(3)31/h4-6,9-12H,7-8H2,1-3H3,(H,26,27,31). The number of carbonyl (C=O) groups is 2. The zero-order valence-electron chi connectivity index (χ0n) is 18.0. The second-order valence-electron chi connectivity index (χ2n) is 7.92. The van der Waals surface area contributed by atoms with Gasteiger partial charge in [0.2, 0.25) is 5.91 Å². The molecular formula is C24H21N5O2S. The molecule has 1 aliphatic rings. The van der Waals surface area contributed by atoms with Crippen molar-refractivity contribution in [3.05, 3.63) is 64.6 Å². The third-order valence-electron chi connectivity index (χ3n) is 5.56. The van der Waals surface area contributed by atoms with Gasteiger partial charge in [0.15, 0.2) is 5.13 Å².